The number of hydrogen-bond acceptors (Lipinski definition) is 8. The van der Waals surface area contributed by atoms with Gasteiger partial charge in [0.15, 0.2) is 5.78 Å². The van der Waals surface area contributed by atoms with Crippen molar-refractivity contribution in [3.05, 3.63) is 42.0 Å². The summed E-state index contributed by atoms with van der Waals surface area (Å²) in [6, 6.07) is 3.70. The van der Waals surface area contributed by atoms with Gasteiger partial charge in [-0.05, 0) is 49.3 Å². The summed E-state index contributed by atoms with van der Waals surface area (Å²) in [4.78, 5) is 73.1. The van der Waals surface area contributed by atoms with E-state index < -0.39 is 36.0 Å². The van der Waals surface area contributed by atoms with Gasteiger partial charge in [-0.25, -0.2) is 4.79 Å². The Morgan fingerprint density at radius 1 is 0.927 bits per heavy atom. The molecule has 0 aromatic heterocycles. The zero-order valence-electron chi connectivity index (χ0n) is 23.4. The molecule has 41 heavy (non-hydrogen) atoms. The standard InChI is InChI=1S/C28H40N6O7/c1-17(2)24(29)27(40)33-20(7-6-15-31-28(30)41)26(39)32-19-11-9-18(10-12-19)25(38)21(35)8-4-3-5-16-34-22(36)13-14-23(34)37/h9-14,17,20,24-25,38H,3-8,15-16,29H2,1-2H3,(H,32,39)(H,33,40)(H3,30,31,41)/t20-,24-,25?/m0/s1. The van der Waals surface area contributed by atoms with E-state index in [-0.39, 0.29) is 49.4 Å². The van der Waals surface area contributed by atoms with E-state index in [4.69, 9.17) is 11.5 Å². The number of anilines is 1. The maximum Gasteiger partial charge on any atom is 0.312 e. The molecule has 0 fully saturated rings. The van der Waals surface area contributed by atoms with Gasteiger partial charge >= 0.3 is 6.03 Å². The summed E-state index contributed by atoms with van der Waals surface area (Å²) in [6.07, 6.45) is 3.50. The number of aliphatic hydroxyl groups is 1. The Labute approximate surface area is 239 Å². The summed E-state index contributed by atoms with van der Waals surface area (Å²) in [5.41, 5.74) is 11.7. The predicted octanol–water partition coefficient (Wildman–Crippen LogP) is 0.630. The van der Waals surface area contributed by atoms with Crippen molar-refractivity contribution in [2.45, 2.75) is 70.6 Å². The number of Topliss-reactive ketones (excluding diaryl/α,β-unsaturated/α-hetero) is 1. The van der Waals surface area contributed by atoms with Crippen LogP contribution in [0.5, 0.6) is 0 Å². The Kier molecular flexibility index (Phi) is 13.1. The average Bonchev–Trinajstić information content (AvgIpc) is 3.25. The SMILES string of the molecule is CC(C)[C@H](N)C(=O)N[C@@H](CCCNC(N)=O)C(=O)Nc1ccc(C(O)C(=O)CCCCCN2C(=O)C=CC2=O)cc1. The number of nitrogens with zero attached hydrogens (tertiary/aromatic N) is 1. The fourth-order valence-corrected chi connectivity index (χ4v) is 4.06. The second-order valence-electron chi connectivity index (χ2n) is 10.2. The molecule has 8 N–H and O–H groups in total. The number of amides is 6. The molecular weight excluding hydrogens is 532 g/mol. The van der Waals surface area contributed by atoms with E-state index in [1.54, 1.807) is 13.8 Å². The van der Waals surface area contributed by atoms with Gasteiger partial charge in [-0.2, -0.15) is 0 Å². The third-order valence-electron chi connectivity index (χ3n) is 6.63. The lowest BCUT2D eigenvalue weighted by molar-refractivity contribution is -0.137. The molecule has 3 atom stereocenters. The number of unbranched alkanes of at least 4 members (excludes halogenated alkanes) is 2. The van der Waals surface area contributed by atoms with Crippen molar-refractivity contribution < 1.29 is 33.9 Å². The summed E-state index contributed by atoms with van der Waals surface area (Å²) in [7, 11) is 0. The molecule has 2 rings (SSSR count). The molecule has 0 radical (unpaired) electrons. The first-order chi connectivity index (χ1) is 19.4. The van der Waals surface area contributed by atoms with E-state index in [2.05, 4.69) is 16.0 Å². The molecule has 0 bridgehead atoms. The van der Waals surface area contributed by atoms with Gasteiger partial charge in [0, 0.05) is 37.3 Å². The number of ketones is 1. The van der Waals surface area contributed by atoms with Crippen molar-refractivity contribution in [1.29, 1.82) is 0 Å². The zero-order valence-corrected chi connectivity index (χ0v) is 23.4. The van der Waals surface area contributed by atoms with Crippen LogP contribution in [0.3, 0.4) is 0 Å². The quantitative estimate of drug-likeness (QED) is 0.115. The lowest BCUT2D eigenvalue weighted by Crippen LogP contribution is -2.51. The number of aliphatic hydroxyl groups excluding tert-OH is 1. The summed E-state index contributed by atoms with van der Waals surface area (Å²) < 4.78 is 0. The van der Waals surface area contributed by atoms with Gasteiger partial charge in [0.05, 0.1) is 6.04 Å². The highest BCUT2D eigenvalue weighted by Crippen LogP contribution is 2.20. The summed E-state index contributed by atoms with van der Waals surface area (Å²) in [6.45, 7) is 4.09. The average molecular weight is 573 g/mol. The number of benzene rings is 1. The van der Waals surface area contributed by atoms with Crippen molar-refractivity contribution in [1.82, 2.24) is 15.5 Å². The number of rotatable bonds is 17. The topological polar surface area (TPSA) is 214 Å². The molecule has 1 unspecified atom stereocenters. The first-order valence-electron chi connectivity index (χ1n) is 13.6. The fourth-order valence-electron chi connectivity index (χ4n) is 4.06. The molecule has 13 heteroatoms. The Morgan fingerprint density at radius 2 is 1.56 bits per heavy atom. The van der Waals surface area contributed by atoms with Crippen LogP contribution in [0.4, 0.5) is 10.5 Å². The van der Waals surface area contributed by atoms with Gasteiger partial charge in [0.25, 0.3) is 11.8 Å². The second-order valence-corrected chi connectivity index (χ2v) is 10.2. The normalized spacial score (nSPS) is 15.0. The Morgan fingerprint density at radius 3 is 2.15 bits per heavy atom. The number of nitrogens with one attached hydrogen (secondary N) is 3. The minimum Gasteiger partial charge on any atom is -0.381 e. The molecule has 0 aliphatic carbocycles. The van der Waals surface area contributed by atoms with Gasteiger partial charge in [-0.15, -0.1) is 0 Å². The maximum absolute atomic E-state index is 13.0. The van der Waals surface area contributed by atoms with E-state index in [0.29, 0.717) is 36.9 Å². The molecule has 1 aromatic carbocycles. The van der Waals surface area contributed by atoms with Gasteiger partial charge in [-0.3, -0.25) is 28.9 Å². The first-order valence-corrected chi connectivity index (χ1v) is 13.6. The van der Waals surface area contributed by atoms with Crippen LogP contribution in [-0.2, 0) is 24.0 Å². The zero-order chi connectivity index (χ0) is 30.5. The van der Waals surface area contributed by atoms with E-state index in [9.17, 15) is 33.9 Å². The fraction of sp³-hybridized carbons (Fsp3) is 0.500. The smallest absolute Gasteiger partial charge is 0.312 e. The van der Waals surface area contributed by atoms with Crippen molar-refractivity contribution in [2.24, 2.45) is 17.4 Å². The van der Waals surface area contributed by atoms with Crippen LogP contribution in [-0.4, -0.2) is 70.6 Å². The number of primary amides is 1. The minimum atomic E-state index is -1.34. The third-order valence-corrected chi connectivity index (χ3v) is 6.63. The largest absolute Gasteiger partial charge is 0.381 e. The van der Waals surface area contributed by atoms with Crippen LogP contribution in [0.2, 0.25) is 0 Å². The van der Waals surface area contributed by atoms with Crippen LogP contribution in [0.25, 0.3) is 0 Å². The van der Waals surface area contributed by atoms with Crippen molar-refractivity contribution in [3.63, 3.8) is 0 Å². The lowest BCUT2D eigenvalue weighted by atomic mass is 10.0. The Bertz CT molecular complexity index is 1120. The summed E-state index contributed by atoms with van der Waals surface area (Å²) >= 11 is 0. The number of carbonyl (C=O) groups is 6. The molecule has 1 aliphatic rings. The van der Waals surface area contributed by atoms with E-state index in [1.807, 2.05) is 0 Å². The number of hydrogen-bond donors (Lipinski definition) is 6. The summed E-state index contributed by atoms with van der Waals surface area (Å²) in [5, 5.41) is 18.3. The molecular formula is C28H40N6O7. The van der Waals surface area contributed by atoms with Gasteiger partial charge < -0.3 is 32.5 Å². The van der Waals surface area contributed by atoms with E-state index >= 15 is 0 Å². The number of carbonyl (C=O) groups excluding carboxylic acids is 6. The molecule has 1 aliphatic heterocycles. The van der Waals surface area contributed by atoms with Crippen LogP contribution >= 0.6 is 0 Å². The molecule has 0 saturated carbocycles. The van der Waals surface area contributed by atoms with Crippen molar-refractivity contribution in [2.75, 3.05) is 18.4 Å². The third kappa shape index (κ3) is 10.8. The highest BCUT2D eigenvalue weighted by atomic mass is 16.3. The van der Waals surface area contributed by atoms with Gasteiger partial charge in [0.1, 0.15) is 12.1 Å². The number of imide groups is 1. The van der Waals surface area contributed by atoms with Crippen LogP contribution in [0.15, 0.2) is 36.4 Å². The summed E-state index contributed by atoms with van der Waals surface area (Å²) in [5.74, 6) is -2.16. The molecule has 0 saturated heterocycles. The van der Waals surface area contributed by atoms with E-state index in [0.717, 1.165) is 4.90 Å². The van der Waals surface area contributed by atoms with Crippen LogP contribution in [0, 0.1) is 5.92 Å². The first kappa shape index (κ1) is 33.1. The van der Waals surface area contributed by atoms with E-state index in [1.165, 1.54) is 36.4 Å². The molecule has 0 spiro atoms. The molecule has 224 valence electrons. The van der Waals surface area contributed by atoms with Gasteiger partial charge in [0.2, 0.25) is 11.8 Å². The molecule has 6 amide bonds. The van der Waals surface area contributed by atoms with Crippen LogP contribution < -0.4 is 27.4 Å². The highest BCUT2D eigenvalue weighted by Gasteiger charge is 2.26. The van der Waals surface area contributed by atoms with Crippen molar-refractivity contribution in [3.8, 4) is 0 Å². The Hall–Kier alpha value is -4.10. The Balaban J connectivity index is 1.87. The lowest BCUT2D eigenvalue weighted by Gasteiger charge is -2.22. The maximum atomic E-state index is 13.0. The molecule has 1 heterocycles. The highest BCUT2D eigenvalue weighted by molar-refractivity contribution is 6.12. The monoisotopic (exact) mass is 572 g/mol. The van der Waals surface area contributed by atoms with Gasteiger partial charge in [-0.1, -0.05) is 32.4 Å². The number of nitrogens with two attached hydrogens (primary N) is 2. The second kappa shape index (κ2) is 16.2. The van der Waals surface area contributed by atoms with Crippen LogP contribution in [0.1, 0.15) is 64.0 Å². The molecule has 1 aromatic rings. The number of urea groups is 1. The predicted molar refractivity (Wildman–Crippen MR) is 151 cm³/mol. The van der Waals surface area contributed by atoms with Crippen molar-refractivity contribution >= 4 is 41.1 Å². The molecule has 13 nitrogen and oxygen atoms in total. The minimum absolute atomic E-state index is 0.129.